The van der Waals surface area contributed by atoms with Crippen LogP contribution < -0.4 is 0 Å². The van der Waals surface area contributed by atoms with E-state index < -0.39 is 0 Å². The number of phenols is 1. The quantitative estimate of drug-likeness (QED) is 0.644. The second-order valence-corrected chi connectivity index (χ2v) is 2.34. The first-order valence-corrected chi connectivity index (χ1v) is 3.35. The summed E-state index contributed by atoms with van der Waals surface area (Å²) in [5.74, 6) is 0.158. The van der Waals surface area contributed by atoms with Gasteiger partial charge in [-0.05, 0) is 12.1 Å². The number of phenolic OH excluding ortho intramolecular Hbond substituents is 1. The summed E-state index contributed by atoms with van der Waals surface area (Å²) >= 11 is 0. The second kappa shape index (κ2) is 2.34. The number of fused-ring (bicyclic) bond motifs is 1. The van der Waals surface area contributed by atoms with Crippen molar-refractivity contribution >= 4 is 17.2 Å². The number of aromatic nitrogens is 1. The molecular weight excluding hydrogens is 158 g/mol. The fourth-order valence-corrected chi connectivity index (χ4v) is 1.06. The molecule has 4 nitrogen and oxygen atoms in total. The van der Waals surface area contributed by atoms with Crippen molar-refractivity contribution in [2.45, 2.75) is 0 Å². The number of hydrogen-bond donors (Lipinski definition) is 1. The van der Waals surface area contributed by atoms with E-state index >= 15 is 0 Å². The molecule has 1 aromatic carbocycles. The summed E-state index contributed by atoms with van der Waals surface area (Å²) in [5, 5.41) is 13.3. The number of nitrogens with zero attached hydrogens (tertiary/aromatic N) is 1. The minimum Gasteiger partial charge on any atom is -0.506 e. The van der Waals surface area contributed by atoms with E-state index in [2.05, 4.69) is 9.68 Å². The third-order valence-electron chi connectivity index (χ3n) is 1.62. The van der Waals surface area contributed by atoms with Crippen LogP contribution in [0.4, 0.5) is 0 Å². The summed E-state index contributed by atoms with van der Waals surface area (Å²) in [6.45, 7) is 0. The molecule has 1 N–H and O–H groups in total. The Kier molecular flexibility index (Phi) is 1.33. The maximum absolute atomic E-state index is 10.4. The monoisotopic (exact) mass is 163 g/mol. The first kappa shape index (κ1) is 6.84. The van der Waals surface area contributed by atoms with Crippen LogP contribution in [0, 0.1) is 0 Å². The van der Waals surface area contributed by atoms with E-state index in [1.807, 2.05) is 0 Å². The number of carbonyl (C=O) groups is 1. The highest BCUT2D eigenvalue weighted by Crippen LogP contribution is 2.24. The molecule has 1 aromatic heterocycles. The maximum atomic E-state index is 10.4. The van der Waals surface area contributed by atoms with Gasteiger partial charge in [0.2, 0.25) is 5.76 Å². The minimum absolute atomic E-state index is 0.0179. The Bertz CT molecular complexity index is 433. The maximum Gasteiger partial charge on any atom is 0.207 e. The third-order valence-corrected chi connectivity index (χ3v) is 1.62. The summed E-state index contributed by atoms with van der Waals surface area (Å²) in [5.41, 5.74) is 0.319. The zero-order valence-electron chi connectivity index (χ0n) is 6.02. The van der Waals surface area contributed by atoms with Crippen molar-refractivity contribution < 1.29 is 14.4 Å². The van der Waals surface area contributed by atoms with Gasteiger partial charge in [-0.1, -0.05) is 11.2 Å². The van der Waals surface area contributed by atoms with Crippen molar-refractivity contribution in [2.24, 2.45) is 0 Å². The predicted octanol–water partition coefficient (Wildman–Crippen LogP) is 1.35. The number of hydrogen-bond acceptors (Lipinski definition) is 4. The molecule has 0 bridgehead atoms. The lowest BCUT2D eigenvalue weighted by atomic mass is 10.2. The van der Waals surface area contributed by atoms with Gasteiger partial charge in [-0.25, -0.2) is 0 Å². The standard InChI is InChI=1S/C8H5NO3/c10-4-7-5-2-1-3-6(11)8(5)9-12-7/h1-4,11H. The highest BCUT2D eigenvalue weighted by atomic mass is 16.5. The van der Waals surface area contributed by atoms with Gasteiger partial charge in [-0.3, -0.25) is 4.79 Å². The van der Waals surface area contributed by atoms with Crippen molar-refractivity contribution in [3.63, 3.8) is 0 Å². The summed E-state index contributed by atoms with van der Waals surface area (Å²) in [4.78, 5) is 10.4. The Labute approximate surface area is 67.4 Å². The zero-order valence-corrected chi connectivity index (χ0v) is 6.02. The molecule has 2 rings (SSSR count). The highest BCUT2D eigenvalue weighted by molar-refractivity contribution is 5.95. The number of carbonyl (C=O) groups excluding carboxylic acids is 1. The van der Waals surface area contributed by atoms with E-state index in [1.54, 1.807) is 12.1 Å². The second-order valence-electron chi connectivity index (χ2n) is 2.34. The van der Waals surface area contributed by atoms with Crippen molar-refractivity contribution in [2.75, 3.05) is 0 Å². The largest absolute Gasteiger partial charge is 0.506 e. The summed E-state index contributed by atoms with van der Waals surface area (Å²) in [6, 6.07) is 4.77. The summed E-state index contributed by atoms with van der Waals surface area (Å²) < 4.78 is 4.67. The predicted molar refractivity (Wildman–Crippen MR) is 41.1 cm³/mol. The molecule has 0 aliphatic carbocycles. The molecule has 60 valence electrons. The van der Waals surface area contributed by atoms with Crippen molar-refractivity contribution in [3.8, 4) is 5.75 Å². The molecule has 12 heavy (non-hydrogen) atoms. The van der Waals surface area contributed by atoms with Crippen LogP contribution in [0.15, 0.2) is 22.7 Å². The molecule has 0 aliphatic heterocycles. The Hall–Kier alpha value is -1.84. The average Bonchev–Trinajstić information content (AvgIpc) is 2.49. The Morgan fingerprint density at radius 2 is 2.33 bits per heavy atom. The van der Waals surface area contributed by atoms with E-state index in [4.69, 9.17) is 0 Å². The molecule has 0 saturated heterocycles. The highest BCUT2D eigenvalue weighted by Gasteiger charge is 2.09. The SMILES string of the molecule is O=Cc1onc2c(O)cccc12. The van der Waals surface area contributed by atoms with Crippen LogP contribution in [0.25, 0.3) is 10.9 Å². The number of aldehydes is 1. The van der Waals surface area contributed by atoms with Crippen LogP contribution in [0.2, 0.25) is 0 Å². The smallest absolute Gasteiger partial charge is 0.207 e. The molecule has 0 atom stereocenters. The Balaban J connectivity index is 2.88. The minimum atomic E-state index is 0.0179. The van der Waals surface area contributed by atoms with Gasteiger partial charge >= 0.3 is 0 Å². The molecule has 1 heterocycles. The van der Waals surface area contributed by atoms with Crippen LogP contribution in [-0.4, -0.2) is 16.5 Å². The molecule has 0 aliphatic rings. The van der Waals surface area contributed by atoms with Gasteiger partial charge in [-0.15, -0.1) is 0 Å². The van der Waals surface area contributed by atoms with Crippen molar-refractivity contribution in [1.29, 1.82) is 0 Å². The number of benzene rings is 1. The molecule has 0 radical (unpaired) electrons. The number of aromatic hydroxyl groups is 1. The third kappa shape index (κ3) is 0.780. The fourth-order valence-electron chi connectivity index (χ4n) is 1.06. The van der Waals surface area contributed by atoms with E-state index in [9.17, 15) is 9.90 Å². The molecule has 0 spiro atoms. The van der Waals surface area contributed by atoms with Gasteiger partial charge in [0.15, 0.2) is 11.8 Å². The topological polar surface area (TPSA) is 63.3 Å². The molecule has 0 amide bonds. The fraction of sp³-hybridized carbons (Fsp3) is 0. The van der Waals surface area contributed by atoms with E-state index in [-0.39, 0.29) is 11.5 Å². The molecule has 4 heteroatoms. The molecular formula is C8H5NO3. The normalized spacial score (nSPS) is 10.3. The lowest BCUT2D eigenvalue weighted by Gasteiger charge is -1.88. The van der Waals surface area contributed by atoms with Gasteiger partial charge in [-0.2, -0.15) is 0 Å². The van der Waals surface area contributed by atoms with Gasteiger partial charge in [0.25, 0.3) is 0 Å². The average molecular weight is 163 g/mol. The van der Waals surface area contributed by atoms with Crippen molar-refractivity contribution in [3.05, 3.63) is 24.0 Å². The Morgan fingerprint density at radius 1 is 1.50 bits per heavy atom. The van der Waals surface area contributed by atoms with Gasteiger partial charge < -0.3 is 9.63 Å². The van der Waals surface area contributed by atoms with E-state index in [0.717, 1.165) is 0 Å². The van der Waals surface area contributed by atoms with Crippen molar-refractivity contribution in [1.82, 2.24) is 5.16 Å². The first-order chi connectivity index (χ1) is 5.83. The lowest BCUT2D eigenvalue weighted by Crippen LogP contribution is -1.73. The van der Waals surface area contributed by atoms with E-state index in [0.29, 0.717) is 17.2 Å². The molecule has 0 unspecified atom stereocenters. The zero-order chi connectivity index (χ0) is 8.55. The van der Waals surface area contributed by atoms with Crippen LogP contribution in [0.3, 0.4) is 0 Å². The first-order valence-electron chi connectivity index (χ1n) is 3.35. The summed E-state index contributed by atoms with van der Waals surface area (Å²) in [6.07, 6.45) is 0.564. The molecule has 0 saturated carbocycles. The molecule has 2 aromatic rings. The number of rotatable bonds is 1. The van der Waals surface area contributed by atoms with Gasteiger partial charge in [0.1, 0.15) is 5.75 Å². The van der Waals surface area contributed by atoms with E-state index in [1.165, 1.54) is 6.07 Å². The van der Waals surface area contributed by atoms with Crippen LogP contribution in [0.1, 0.15) is 10.6 Å². The van der Waals surface area contributed by atoms with Gasteiger partial charge in [0.05, 0.1) is 5.39 Å². The lowest BCUT2D eigenvalue weighted by molar-refractivity contribution is 0.109. The Morgan fingerprint density at radius 3 is 3.08 bits per heavy atom. The van der Waals surface area contributed by atoms with Gasteiger partial charge in [0, 0.05) is 0 Å². The van der Waals surface area contributed by atoms with Crippen LogP contribution in [0.5, 0.6) is 5.75 Å². The summed E-state index contributed by atoms with van der Waals surface area (Å²) in [7, 11) is 0. The molecule has 0 fully saturated rings. The van der Waals surface area contributed by atoms with Crippen LogP contribution >= 0.6 is 0 Å². The van der Waals surface area contributed by atoms with Crippen LogP contribution in [-0.2, 0) is 0 Å².